The van der Waals surface area contributed by atoms with Crippen LogP contribution in [0.25, 0.3) is 11.4 Å². The maximum absolute atomic E-state index is 8.92. The van der Waals surface area contributed by atoms with Gasteiger partial charge in [-0.05, 0) is 6.42 Å². The second kappa shape index (κ2) is 5.31. The van der Waals surface area contributed by atoms with Crippen LogP contribution in [0.5, 0.6) is 0 Å². The molecule has 2 aromatic rings. The lowest BCUT2D eigenvalue weighted by molar-refractivity contribution is 0.637. The Morgan fingerprint density at radius 1 is 1.29 bits per heavy atom. The Hall–Kier alpha value is -2.08. The molecule has 0 radical (unpaired) electrons. The minimum absolute atomic E-state index is 0.486. The number of hydrogen-bond donors (Lipinski definition) is 0. The van der Waals surface area contributed by atoms with E-state index in [0.717, 1.165) is 30.8 Å². The Morgan fingerprint density at radius 3 is 2.71 bits per heavy atom. The van der Waals surface area contributed by atoms with Gasteiger partial charge in [-0.2, -0.15) is 5.26 Å². The number of benzene rings is 1. The highest BCUT2D eigenvalue weighted by atomic mass is 15.1. The third-order valence-electron chi connectivity index (χ3n) is 2.68. The van der Waals surface area contributed by atoms with Crippen molar-refractivity contribution in [2.24, 2.45) is 0 Å². The van der Waals surface area contributed by atoms with Crippen molar-refractivity contribution in [3.63, 3.8) is 0 Å². The summed E-state index contributed by atoms with van der Waals surface area (Å²) < 4.78 is 2.07. The Labute approximate surface area is 101 Å². The molecule has 0 aliphatic heterocycles. The van der Waals surface area contributed by atoms with E-state index < -0.39 is 0 Å². The van der Waals surface area contributed by atoms with E-state index in [1.54, 1.807) is 0 Å². The quantitative estimate of drug-likeness (QED) is 0.801. The van der Waals surface area contributed by atoms with E-state index in [4.69, 9.17) is 5.26 Å². The Balaban J connectivity index is 2.38. The summed E-state index contributed by atoms with van der Waals surface area (Å²) in [6.07, 6.45) is 4.06. The monoisotopic (exact) mass is 225 g/mol. The van der Waals surface area contributed by atoms with Gasteiger partial charge in [-0.1, -0.05) is 43.7 Å². The number of aryl methyl sites for hydroxylation is 1. The summed E-state index contributed by atoms with van der Waals surface area (Å²) in [5, 5.41) is 8.92. The molecule has 0 saturated heterocycles. The van der Waals surface area contributed by atoms with Crippen molar-refractivity contribution in [3.05, 3.63) is 42.2 Å². The average Bonchev–Trinajstić information content (AvgIpc) is 2.80. The number of imidazole rings is 1. The molecule has 2 rings (SSSR count). The van der Waals surface area contributed by atoms with Crippen LogP contribution >= 0.6 is 0 Å². The molecule has 0 N–H and O–H groups in total. The summed E-state index contributed by atoms with van der Waals surface area (Å²) in [5.41, 5.74) is 1.55. The predicted molar refractivity (Wildman–Crippen MR) is 67.3 cm³/mol. The first kappa shape index (κ1) is 11.4. The van der Waals surface area contributed by atoms with Crippen LogP contribution in [-0.2, 0) is 6.54 Å². The molecule has 0 unspecified atom stereocenters. The van der Waals surface area contributed by atoms with Gasteiger partial charge < -0.3 is 4.57 Å². The lowest BCUT2D eigenvalue weighted by atomic mass is 10.2. The Bertz CT molecular complexity index is 520. The van der Waals surface area contributed by atoms with Crippen LogP contribution in [0.4, 0.5) is 0 Å². The van der Waals surface area contributed by atoms with Crippen molar-refractivity contribution in [3.8, 4) is 17.5 Å². The minimum Gasteiger partial charge on any atom is -0.330 e. The van der Waals surface area contributed by atoms with Gasteiger partial charge in [-0.15, -0.1) is 0 Å². The normalized spacial score (nSPS) is 10.1. The molecular weight excluding hydrogens is 210 g/mol. The summed E-state index contributed by atoms with van der Waals surface area (Å²) in [6.45, 7) is 3.07. The molecule has 3 heteroatoms. The molecular formula is C14H15N3. The number of nitriles is 1. The second-order valence-corrected chi connectivity index (χ2v) is 3.97. The maximum Gasteiger partial charge on any atom is 0.159 e. The van der Waals surface area contributed by atoms with E-state index >= 15 is 0 Å². The smallest absolute Gasteiger partial charge is 0.159 e. The fraction of sp³-hybridized carbons (Fsp3) is 0.286. The van der Waals surface area contributed by atoms with Crippen LogP contribution in [0.15, 0.2) is 36.5 Å². The van der Waals surface area contributed by atoms with Crippen molar-refractivity contribution < 1.29 is 0 Å². The van der Waals surface area contributed by atoms with E-state index in [9.17, 15) is 0 Å². The van der Waals surface area contributed by atoms with Crippen molar-refractivity contribution >= 4 is 0 Å². The summed E-state index contributed by atoms with van der Waals surface area (Å²) in [5.74, 6) is 0.885. The van der Waals surface area contributed by atoms with Gasteiger partial charge in [0.2, 0.25) is 0 Å². The first-order valence-corrected chi connectivity index (χ1v) is 5.88. The third kappa shape index (κ3) is 2.54. The van der Waals surface area contributed by atoms with E-state index in [0.29, 0.717) is 5.69 Å². The SMILES string of the molecule is CCCCn1cc(C#N)nc1-c1ccccc1. The predicted octanol–water partition coefficient (Wildman–Crippen LogP) is 3.22. The standard InChI is InChI=1S/C14H15N3/c1-2-3-9-17-11-13(10-15)16-14(17)12-7-5-4-6-8-12/h4-8,11H,2-3,9H2,1H3. The molecule has 3 nitrogen and oxygen atoms in total. The topological polar surface area (TPSA) is 41.6 Å². The van der Waals surface area contributed by atoms with E-state index in [2.05, 4.69) is 22.5 Å². The number of unbranched alkanes of at least 4 members (excludes halogenated alkanes) is 1. The average molecular weight is 225 g/mol. The van der Waals surface area contributed by atoms with E-state index in [1.807, 2.05) is 36.5 Å². The molecule has 86 valence electrons. The van der Waals surface area contributed by atoms with Gasteiger partial charge in [-0.3, -0.25) is 0 Å². The third-order valence-corrected chi connectivity index (χ3v) is 2.68. The van der Waals surface area contributed by atoms with Crippen LogP contribution in [-0.4, -0.2) is 9.55 Å². The molecule has 0 spiro atoms. The minimum atomic E-state index is 0.486. The van der Waals surface area contributed by atoms with Crippen LogP contribution in [0.2, 0.25) is 0 Å². The number of aromatic nitrogens is 2. The highest BCUT2D eigenvalue weighted by molar-refractivity contribution is 5.56. The van der Waals surface area contributed by atoms with Crippen LogP contribution < -0.4 is 0 Å². The molecule has 0 amide bonds. The fourth-order valence-corrected chi connectivity index (χ4v) is 1.79. The van der Waals surface area contributed by atoms with Gasteiger partial charge in [0.1, 0.15) is 11.9 Å². The molecule has 0 fully saturated rings. The molecule has 0 aliphatic carbocycles. The van der Waals surface area contributed by atoms with Crippen molar-refractivity contribution in [1.29, 1.82) is 5.26 Å². The van der Waals surface area contributed by atoms with Crippen LogP contribution in [0.3, 0.4) is 0 Å². The van der Waals surface area contributed by atoms with E-state index in [1.165, 1.54) is 0 Å². The van der Waals surface area contributed by atoms with Crippen molar-refractivity contribution in [1.82, 2.24) is 9.55 Å². The van der Waals surface area contributed by atoms with Gasteiger partial charge in [0.25, 0.3) is 0 Å². The summed E-state index contributed by atoms with van der Waals surface area (Å²) in [4.78, 5) is 4.35. The van der Waals surface area contributed by atoms with Crippen LogP contribution in [0.1, 0.15) is 25.5 Å². The molecule has 0 bridgehead atoms. The molecule has 0 saturated carbocycles. The summed E-state index contributed by atoms with van der Waals surface area (Å²) >= 11 is 0. The zero-order valence-electron chi connectivity index (χ0n) is 9.93. The molecule has 1 aromatic carbocycles. The van der Waals surface area contributed by atoms with E-state index in [-0.39, 0.29) is 0 Å². The first-order valence-electron chi connectivity index (χ1n) is 5.88. The van der Waals surface area contributed by atoms with Crippen LogP contribution in [0, 0.1) is 11.3 Å². The van der Waals surface area contributed by atoms with Gasteiger partial charge in [0, 0.05) is 18.3 Å². The molecule has 0 atom stereocenters. The number of hydrogen-bond acceptors (Lipinski definition) is 2. The van der Waals surface area contributed by atoms with Gasteiger partial charge in [0.15, 0.2) is 5.69 Å². The highest BCUT2D eigenvalue weighted by Gasteiger charge is 2.08. The summed E-state index contributed by atoms with van der Waals surface area (Å²) in [7, 11) is 0. The van der Waals surface area contributed by atoms with Gasteiger partial charge >= 0.3 is 0 Å². The molecule has 1 heterocycles. The molecule has 17 heavy (non-hydrogen) atoms. The zero-order chi connectivity index (χ0) is 12.1. The lowest BCUT2D eigenvalue weighted by Gasteiger charge is -2.06. The Morgan fingerprint density at radius 2 is 2.06 bits per heavy atom. The van der Waals surface area contributed by atoms with Crippen molar-refractivity contribution in [2.75, 3.05) is 0 Å². The maximum atomic E-state index is 8.92. The molecule has 1 aromatic heterocycles. The molecule has 0 aliphatic rings. The number of rotatable bonds is 4. The van der Waals surface area contributed by atoms with Gasteiger partial charge in [0.05, 0.1) is 0 Å². The fourth-order valence-electron chi connectivity index (χ4n) is 1.79. The zero-order valence-corrected chi connectivity index (χ0v) is 9.93. The number of nitrogens with zero attached hydrogens (tertiary/aromatic N) is 3. The lowest BCUT2D eigenvalue weighted by Crippen LogP contribution is -1.98. The summed E-state index contributed by atoms with van der Waals surface area (Å²) in [6, 6.07) is 12.1. The largest absolute Gasteiger partial charge is 0.330 e. The Kier molecular flexibility index (Phi) is 3.56. The first-order chi connectivity index (χ1) is 8.35. The van der Waals surface area contributed by atoms with Gasteiger partial charge in [-0.25, -0.2) is 4.98 Å². The second-order valence-electron chi connectivity index (χ2n) is 3.97. The highest BCUT2D eigenvalue weighted by Crippen LogP contribution is 2.19. The van der Waals surface area contributed by atoms with Crippen molar-refractivity contribution in [2.45, 2.75) is 26.3 Å².